The Morgan fingerprint density at radius 1 is 1.07 bits per heavy atom. The summed E-state index contributed by atoms with van der Waals surface area (Å²) in [6, 6.07) is 8.64. The van der Waals surface area contributed by atoms with Gasteiger partial charge in [0.25, 0.3) is 0 Å². The van der Waals surface area contributed by atoms with Crippen LogP contribution in [-0.2, 0) is 17.8 Å². The molecule has 0 aliphatic rings. The summed E-state index contributed by atoms with van der Waals surface area (Å²) in [4.78, 5) is 0. The Balaban J connectivity index is 2.29. The van der Waals surface area contributed by atoms with Crippen molar-refractivity contribution >= 4 is 0 Å². The summed E-state index contributed by atoms with van der Waals surface area (Å²) in [6.07, 6.45) is 2.31. The first-order chi connectivity index (χ1) is 7.36. The predicted octanol–water partition coefficient (Wildman–Crippen LogP) is 2.38. The van der Waals surface area contributed by atoms with Gasteiger partial charge in [-0.3, -0.25) is 0 Å². The monoisotopic (exact) mass is 207 g/mol. The molecule has 0 unspecified atom stereocenters. The van der Waals surface area contributed by atoms with Crippen LogP contribution in [0.1, 0.15) is 24.5 Å². The number of ether oxygens (including phenoxy) is 1. The van der Waals surface area contributed by atoms with Gasteiger partial charge in [-0.15, -0.1) is 0 Å². The highest BCUT2D eigenvalue weighted by molar-refractivity contribution is 5.22. The first kappa shape index (κ1) is 12.2. The van der Waals surface area contributed by atoms with E-state index in [0.29, 0.717) is 6.61 Å². The van der Waals surface area contributed by atoms with Crippen molar-refractivity contribution in [3.05, 3.63) is 35.4 Å². The Hall–Kier alpha value is -0.860. The fourth-order valence-corrected chi connectivity index (χ4v) is 1.50. The van der Waals surface area contributed by atoms with Gasteiger partial charge in [-0.1, -0.05) is 31.2 Å². The van der Waals surface area contributed by atoms with Crippen LogP contribution in [0.25, 0.3) is 0 Å². The van der Waals surface area contributed by atoms with Crippen molar-refractivity contribution < 1.29 is 4.74 Å². The molecular weight excluding hydrogens is 186 g/mol. The standard InChI is InChI=1S/C13H21NO/c1-3-9-14-10-8-12-4-6-13(7-5-12)11-15-2/h4-7,14H,3,8-11H2,1-2H3. The minimum Gasteiger partial charge on any atom is -0.380 e. The molecule has 0 atom stereocenters. The zero-order valence-corrected chi connectivity index (χ0v) is 9.75. The lowest BCUT2D eigenvalue weighted by atomic mass is 10.1. The van der Waals surface area contributed by atoms with Crippen LogP contribution >= 0.6 is 0 Å². The molecule has 84 valence electrons. The van der Waals surface area contributed by atoms with Gasteiger partial charge in [0.1, 0.15) is 0 Å². The number of methoxy groups -OCH3 is 1. The Morgan fingerprint density at radius 2 is 1.73 bits per heavy atom. The van der Waals surface area contributed by atoms with Crippen molar-refractivity contribution in [2.45, 2.75) is 26.4 Å². The molecule has 0 aliphatic heterocycles. The molecule has 2 heteroatoms. The number of benzene rings is 1. The van der Waals surface area contributed by atoms with Crippen molar-refractivity contribution in [2.24, 2.45) is 0 Å². The van der Waals surface area contributed by atoms with E-state index in [4.69, 9.17) is 4.74 Å². The topological polar surface area (TPSA) is 21.3 Å². The van der Waals surface area contributed by atoms with E-state index >= 15 is 0 Å². The van der Waals surface area contributed by atoms with Crippen molar-refractivity contribution in [1.29, 1.82) is 0 Å². The average Bonchev–Trinajstić information content (AvgIpc) is 2.27. The van der Waals surface area contributed by atoms with Crippen LogP contribution < -0.4 is 5.32 Å². The van der Waals surface area contributed by atoms with Crippen LogP contribution in [0.2, 0.25) is 0 Å². The zero-order chi connectivity index (χ0) is 10.9. The smallest absolute Gasteiger partial charge is 0.0713 e. The second-order valence-corrected chi connectivity index (χ2v) is 3.75. The number of hydrogen-bond acceptors (Lipinski definition) is 2. The molecule has 15 heavy (non-hydrogen) atoms. The maximum atomic E-state index is 5.07. The van der Waals surface area contributed by atoms with Gasteiger partial charge in [-0.2, -0.15) is 0 Å². The van der Waals surface area contributed by atoms with Crippen molar-refractivity contribution in [2.75, 3.05) is 20.2 Å². The van der Waals surface area contributed by atoms with Gasteiger partial charge in [-0.25, -0.2) is 0 Å². The van der Waals surface area contributed by atoms with Crippen LogP contribution in [-0.4, -0.2) is 20.2 Å². The molecular formula is C13H21NO. The SMILES string of the molecule is CCCNCCc1ccc(COC)cc1. The molecule has 0 heterocycles. The van der Waals surface area contributed by atoms with Crippen molar-refractivity contribution in [3.63, 3.8) is 0 Å². The van der Waals surface area contributed by atoms with Crippen LogP contribution in [0.15, 0.2) is 24.3 Å². The largest absolute Gasteiger partial charge is 0.380 e. The molecule has 0 radical (unpaired) electrons. The molecule has 0 fully saturated rings. The highest BCUT2D eigenvalue weighted by Gasteiger charge is 1.94. The summed E-state index contributed by atoms with van der Waals surface area (Å²) in [6.45, 7) is 5.07. The minimum absolute atomic E-state index is 0.703. The quantitative estimate of drug-likeness (QED) is 0.693. The predicted molar refractivity (Wildman–Crippen MR) is 64.0 cm³/mol. The van der Waals surface area contributed by atoms with E-state index in [1.54, 1.807) is 7.11 Å². The summed E-state index contributed by atoms with van der Waals surface area (Å²) < 4.78 is 5.07. The van der Waals surface area contributed by atoms with Gasteiger partial charge in [0.05, 0.1) is 6.61 Å². The van der Waals surface area contributed by atoms with Gasteiger partial charge in [0.15, 0.2) is 0 Å². The molecule has 0 aliphatic carbocycles. The lowest BCUT2D eigenvalue weighted by Gasteiger charge is -2.04. The molecule has 2 nitrogen and oxygen atoms in total. The Bertz CT molecular complexity index is 256. The van der Waals surface area contributed by atoms with E-state index < -0.39 is 0 Å². The Labute approximate surface area is 92.6 Å². The van der Waals surface area contributed by atoms with Crippen LogP contribution in [0.3, 0.4) is 0 Å². The number of hydrogen-bond donors (Lipinski definition) is 1. The van der Waals surface area contributed by atoms with Gasteiger partial charge in [-0.05, 0) is 37.1 Å². The van der Waals surface area contributed by atoms with Crippen molar-refractivity contribution in [1.82, 2.24) is 5.32 Å². The normalized spacial score (nSPS) is 10.5. The lowest BCUT2D eigenvalue weighted by molar-refractivity contribution is 0.185. The van der Waals surface area contributed by atoms with Gasteiger partial charge in [0, 0.05) is 7.11 Å². The third kappa shape index (κ3) is 4.96. The third-order valence-corrected chi connectivity index (χ3v) is 2.35. The first-order valence-electron chi connectivity index (χ1n) is 5.64. The molecule has 0 amide bonds. The maximum absolute atomic E-state index is 5.07. The zero-order valence-electron chi connectivity index (χ0n) is 9.75. The summed E-state index contributed by atoms with van der Waals surface area (Å²) in [5, 5.41) is 3.40. The van der Waals surface area contributed by atoms with E-state index in [2.05, 4.69) is 36.5 Å². The van der Waals surface area contributed by atoms with E-state index in [-0.39, 0.29) is 0 Å². The Kier molecular flexibility index (Phi) is 6.05. The van der Waals surface area contributed by atoms with Crippen LogP contribution in [0.4, 0.5) is 0 Å². The van der Waals surface area contributed by atoms with E-state index in [1.807, 2.05) is 0 Å². The molecule has 0 spiro atoms. The molecule has 1 N–H and O–H groups in total. The van der Waals surface area contributed by atoms with E-state index in [0.717, 1.165) is 19.5 Å². The van der Waals surface area contributed by atoms with Crippen molar-refractivity contribution in [3.8, 4) is 0 Å². The van der Waals surface area contributed by atoms with Gasteiger partial charge >= 0.3 is 0 Å². The average molecular weight is 207 g/mol. The van der Waals surface area contributed by atoms with E-state index in [1.165, 1.54) is 17.5 Å². The highest BCUT2D eigenvalue weighted by Crippen LogP contribution is 2.05. The molecule has 0 saturated heterocycles. The molecule has 0 aromatic heterocycles. The van der Waals surface area contributed by atoms with Crippen LogP contribution in [0.5, 0.6) is 0 Å². The summed E-state index contributed by atoms with van der Waals surface area (Å²) in [7, 11) is 1.72. The van der Waals surface area contributed by atoms with Crippen LogP contribution in [0, 0.1) is 0 Å². The number of rotatable bonds is 7. The van der Waals surface area contributed by atoms with Gasteiger partial charge < -0.3 is 10.1 Å². The second-order valence-electron chi connectivity index (χ2n) is 3.75. The van der Waals surface area contributed by atoms with Gasteiger partial charge in [0.2, 0.25) is 0 Å². The molecule has 0 bridgehead atoms. The summed E-state index contributed by atoms with van der Waals surface area (Å²) in [5.74, 6) is 0. The lowest BCUT2D eigenvalue weighted by Crippen LogP contribution is -2.17. The molecule has 0 saturated carbocycles. The highest BCUT2D eigenvalue weighted by atomic mass is 16.5. The molecule has 1 rings (SSSR count). The maximum Gasteiger partial charge on any atom is 0.0713 e. The second kappa shape index (κ2) is 7.43. The van der Waals surface area contributed by atoms with E-state index in [9.17, 15) is 0 Å². The summed E-state index contributed by atoms with van der Waals surface area (Å²) in [5.41, 5.74) is 2.63. The number of nitrogens with one attached hydrogen (secondary N) is 1. The fourth-order valence-electron chi connectivity index (χ4n) is 1.50. The minimum atomic E-state index is 0.703. The molecule has 1 aromatic carbocycles. The fraction of sp³-hybridized carbons (Fsp3) is 0.538. The third-order valence-electron chi connectivity index (χ3n) is 2.35. The molecule has 1 aromatic rings. The first-order valence-corrected chi connectivity index (χ1v) is 5.64. The Morgan fingerprint density at radius 3 is 2.33 bits per heavy atom. The summed E-state index contributed by atoms with van der Waals surface area (Å²) >= 11 is 0.